The lowest BCUT2D eigenvalue weighted by Crippen LogP contribution is -2.52. The molecular weight excluding hydrogens is 576 g/mol. The average Bonchev–Trinajstić information content (AvgIpc) is 3.35. The average molecular weight is 619 g/mol. The van der Waals surface area contributed by atoms with Crippen LogP contribution in [0.15, 0.2) is 48.7 Å². The number of rotatable bonds is 17. The van der Waals surface area contributed by atoms with Gasteiger partial charge in [-0.2, -0.15) is 0 Å². The summed E-state index contributed by atoms with van der Waals surface area (Å²) in [5, 5.41) is 8.75. The smallest absolute Gasteiger partial charge is 0.255 e. The topological polar surface area (TPSA) is 170 Å². The SMILES string of the molecule is N/C(=C\NCCOCCOCCOCCNCCC#Cc1ccc2c(c1)CN(C1CCC(=O)NC1=O)C2=O)c1ccc(N)cc1. The van der Waals surface area contributed by atoms with Gasteiger partial charge in [0.15, 0.2) is 0 Å². The van der Waals surface area contributed by atoms with E-state index in [2.05, 4.69) is 27.8 Å². The fourth-order valence-corrected chi connectivity index (χ4v) is 4.85. The third-order valence-electron chi connectivity index (χ3n) is 7.24. The monoisotopic (exact) mass is 618 g/mol. The zero-order chi connectivity index (χ0) is 31.9. The van der Waals surface area contributed by atoms with Crippen LogP contribution in [-0.2, 0) is 30.3 Å². The van der Waals surface area contributed by atoms with E-state index in [1.165, 1.54) is 0 Å². The molecular formula is C33H42N6O6. The Balaban J connectivity index is 0.964. The van der Waals surface area contributed by atoms with Crippen molar-refractivity contribution in [2.24, 2.45) is 5.73 Å². The number of nitrogens with zero attached hydrogens (tertiary/aromatic N) is 1. The zero-order valence-corrected chi connectivity index (χ0v) is 25.4. The summed E-state index contributed by atoms with van der Waals surface area (Å²) in [6, 6.07) is 12.3. The Morgan fingerprint density at radius 3 is 2.40 bits per heavy atom. The lowest BCUT2D eigenvalue weighted by Gasteiger charge is -2.29. The van der Waals surface area contributed by atoms with Crippen LogP contribution in [0.5, 0.6) is 0 Å². The molecule has 12 heteroatoms. The van der Waals surface area contributed by atoms with E-state index in [0.717, 1.165) is 23.2 Å². The van der Waals surface area contributed by atoms with Crippen molar-refractivity contribution in [1.82, 2.24) is 20.9 Å². The summed E-state index contributed by atoms with van der Waals surface area (Å²) < 4.78 is 16.6. The number of benzene rings is 2. The summed E-state index contributed by atoms with van der Waals surface area (Å²) in [4.78, 5) is 38.0. The molecule has 0 saturated carbocycles. The van der Waals surface area contributed by atoms with E-state index in [4.69, 9.17) is 25.7 Å². The fourth-order valence-electron chi connectivity index (χ4n) is 4.85. The van der Waals surface area contributed by atoms with E-state index >= 15 is 0 Å². The fraction of sp³-hybridized carbons (Fsp3) is 0.424. The number of anilines is 1. The zero-order valence-electron chi connectivity index (χ0n) is 25.4. The predicted octanol–water partition coefficient (Wildman–Crippen LogP) is 0.958. The maximum absolute atomic E-state index is 12.8. The Hall–Kier alpha value is -4.41. The lowest BCUT2D eigenvalue weighted by molar-refractivity contribution is -0.136. The largest absolute Gasteiger partial charge is 0.399 e. The van der Waals surface area contributed by atoms with Crippen molar-refractivity contribution >= 4 is 29.1 Å². The number of ether oxygens (including phenoxy) is 3. The Bertz CT molecular complexity index is 1400. The molecule has 0 radical (unpaired) electrons. The second kappa shape index (κ2) is 17.8. The highest BCUT2D eigenvalue weighted by Gasteiger charge is 2.39. The first kappa shape index (κ1) is 33.5. The van der Waals surface area contributed by atoms with Crippen LogP contribution >= 0.6 is 0 Å². The normalized spacial score (nSPS) is 16.3. The quantitative estimate of drug-likeness (QED) is 0.0745. The summed E-state index contributed by atoms with van der Waals surface area (Å²) in [5.41, 5.74) is 16.2. The summed E-state index contributed by atoms with van der Waals surface area (Å²) in [7, 11) is 0. The molecule has 1 unspecified atom stereocenters. The van der Waals surface area contributed by atoms with Gasteiger partial charge in [0.25, 0.3) is 5.91 Å². The van der Waals surface area contributed by atoms with Gasteiger partial charge in [-0.15, -0.1) is 0 Å². The maximum Gasteiger partial charge on any atom is 0.255 e. The molecule has 2 heterocycles. The number of amides is 3. The highest BCUT2D eigenvalue weighted by atomic mass is 16.5. The molecule has 45 heavy (non-hydrogen) atoms. The van der Waals surface area contributed by atoms with E-state index in [0.29, 0.717) is 89.1 Å². The predicted molar refractivity (Wildman–Crippen MR) is 170 cm³/mol. The molecule has 1 atom stereocenters. The van der Waals surface area contributed by atoms with Crippen molar-refractivity contribution < 1.29 is 28.6 Å². The third-order valence-corrected chi connectivity index (χ3v) is 7.24. The Kier molecular flexibility index (Phi) is 13.2. The number of hydrogen-bond donors (Lipinski definition) is 5. The number of hydrogen-bond acceptors (Lipinski definition) is 10. The van der Waals surface area contributed by atoms with Crippen LogP contribution in [0, 0.1) is 11.8 Å². The highest BCUT2D eigenvalue weighted by molar-refractivity contribution is 6.05. The first-order valence-electron chi connectivity index (χ1n) is 15.2. The second-order valence-electron chi connectivity index (χ2n) is 10.6. The molecule has 0 bridgehead atoms. The van der Waals surface area contributed by atoms with Gasteiger partial charge < -0.3 is 41.2 Å². The van der Waals surface area contributed by atoms with Crippen LogP contribution in [0.3, 0.4) is 0 Å². The van der Waals surface area contributed by atoms with Gasteiger partial charge in [0, 0.05) is 62.0 Å². The van der Waals surface area contributed by atoms with Crippen molar-refractivity contribution in [2.45, 2.75) is 31.8 Å². The van der Waals surface area contributed by atoms with Crippen LogP contribution in [0.1, 0.15) is 46.3 Å². The number of fused-ring (bicyclic) bond motifs is 1. The highest BCUT2D eigenvalue weighted by Crippen LogP contribution is 2.28. The van der Waals surface area contributed by atoms with Crippen LogP contribution in [0.2, 0.25) is 0 Å². The first-order chi connectivity index (χ1) is 21.9. The van der Waals surface area contributed by atoms with Gasteiger partial charge in [-0.05, 0) is 47.9 Å². The van der Waals surface area contributed by atoms with Crippen molar-refractivity contribution in [3.05, 3.63) is 70.9 Å². The Morgan fingerprint density at radius 2 is 1.67 bits per heavy atom. The molecule has 12 nitrogen and oxygen atoms in total. The third kappa shape index (κ3) is 10.6. The number of carbonyl (C=O) groups excluding carboxylic acids is 3. The minimum Gasteiger partial charge on any atom is -0.399 e. The molecule has 0 aromatic heterocycles. The molecule has 7 N–H and O–H groups in total. The summed E-state index contributed by atoms with van der Waals surface area (Å²) in [5.74, 6) is 5.40. The van der Waals surface area contributed by atoms with Gasteiger partial charge in [0.05, 0.1) is 45.3 Å². The van der Waals surface area contributed by atoms with Crippen LogP contribution in [0.4, 0.5) is 5.69 Å². The van der Waals surface area contributed by atoms with E-state index < -0.39 is 11.9 Å². The molecule has 2 aromatic carbocycles. The van der Waals surface area contributed by atoms with E-state index in [-0.39, 0.29) is 18.2 Å². The van der Waals surface area contributed by atoms with E-state index in [1.807, 2.05) is 36.4 Å². The minimum absolute atomic E-state index is 0.183. The standard InChI is InChI=1S/C33H42N6O6/c34-27-7-5-25(6-8-27)29(35)22-37-14-16-44-18-20-45-19-17-43-15-13-36-12-2-1-3-24-4-9-28-26(21-24)23-39(33(28)42)30-10-11-31(40)38-32(30)41/h4-9,21-22,30,36-37H,2,10-20,23,34-35H2,(H,38,40,41)/b29-22-. The molecule has 240 valence electrons. The number of nitrogens with one attached hydrogen (secondary N) is 3. The van der Waals surface area contributed by atoms with Gasteiger partial charge in [-0.1, -0.05) is 24.0 Å². The molecule has 1 saturated heterocycles. The van der Waals surface area contributed by atoms with Crippen LogP contribution in [0.25, 0.3) is 5.70 Å². The van der Waals surface area contributed by atoms with E-state index in [9.17, 15) is 14.4 Å². The molecule has 4 rings (SSSR count). The van der Waals surface area contributed by atoms with Crippen LogP contribution in [-0.4, -0.2) is 87.9 Å². The number of imide groups is 1. The Labute approximate surface area is 263 Å². The van der Waals surface area contributed by atoms with E-state index in [1.54, 1.807) is 17.2 Å². The molecule has 0 spiro atoms. The number of carbonyl (C=O) groups is 3. The van der Waals surface area contributed by atoms with Crippen molar-refractivity contribution in [3.63, 3.8) is 0 Å². The lowest BCUT2D eigenvalue weighted by atomic mass is 10.0. The van der Waals surface area contributed by atoms with Gasteiger partial charge in [0.1, 0.15) is 6.04 Å². The van der Waals surface area contributed by atoms with Crippen molar-refractivity contribution in [3.8, 4) is 11.8 Å². The molecule has 0 aliphatic carbocycles. The van der Waals surface area contributed by atoms with Crippen molar-refractivity contribution in [1.29, 1.82) is 0 Å². The molecule has 2 aliphatic heterocycles. The van der Waals surface area contributed by atoms with Crippen LogP contribution < -0.4 is 27.4 Å². The Morgan fingerprint density at radius 1 is 0.956 bits per heavy atom. The molecule has 2 aliphatic rings. The molecule has 3 amide bonds. The summed E-state index contributed by atoms with van der Waals surface area (Å²) in [6.07, 6.45) is 3.01. The molecule has 1 fully saturated rings. The van der Waals surface area contributed by atoms with Gasteiger partial charge in [-0.3, -0.25) is 19.7 Å². The molecule has 2 aromatic rings. The van der Waals surface area contributed by atoms with Gasteiger partial charge in [0.2, 0.25) is 11.8 Å². The number of nitrogens with two attached hydrogens (primary N) is 2. The number of piperidine rings is 1. The van der Waals surface area contributed by atoms with Gasteiger partial charge in [-0.25, -0.2) is 0 Å². The first-order valence-corrected chi connectivity index (χ1v) is 15.2. The summed E-state index contributed by atoms with van der Waals surface area (Å²) >= 11 is 0. The van der Waals surface area contributed by atoms with Gasteiger partial charge >= 0.3 is 0 Å². The second-order valence-corrected chi connectivity index (χ2v) is 10.6. The summed E-state index contributed by atoms with van der Waals surface area (Å²) in [6.45, 7) is 5.58. The van der Waals surface area contributed by atoms with Crippen molar-refractivity contribution in [2.75, 3.05) is 65.0 Å². The number of nitrogen functional groups attached to an aromatic ring is 1. The minimum atomic E-state index is -0.616. The maximum atomic E-state index is 12.8.